The van der Waals surface area contributed by atoms with E-state index in [0.29, 0.717) is 29.5 Å². The molecule has 0 unspecified atom stereocenters. The molecular formula is C20H19FN7OP. The number of aromatic nitrogens is 4. The maximum absolute atomic E-state index is 13.8. The number of halogens is 1. The lowest BCUT2D eigenvalue weighted by atomic mass is 10.1. The Labute approximate surface area is 172 Å². The average Bonchev–Trinajstić information content (AvgIpc) is 3.31. The second-order valence-corrected chi connectivity index (χ2v) is 10.7. The van der Waals surface area contributed by atoms with Crippen LogP contribution in [-0.2, 0) is 11.1 Å². The van der Waals surface area contributed by atoms with E-state index in [0.717, 1.165) is 16.4 Å². The van der Waals surface area contributed by atoms with E-state index >= 15 is 0 Å². The van der Waals surface area contributed by atoms with E-state index in [4.69, 9.17) is 4.98 Å². The molecule has 10 heteroatoms. The Morgan fingerprint density at radius 2 is 1.87 bits per heavy atom. The van der Waals surface area contributed by atoms with Crippen LogP contribution in [0.4, 0.5) is 16.0 Å². The van der Waals surface area contributed by atoms with Gasteiger partial charge in [0.1, 0.15) is 12.8 Å². The number of nitrogens with zero attached hydrogens (tertiary/aromatic N) is 5. The molecule has 0 fully saturated rings. The van der Waals surface area contributed by atoms with E-state index in [9.17, 15) is 8.96 Å². The van der Waals surface area contributed by atoms with E-state index in [1.165, 1.54) is 10.6 Å². The average molecular weight is 423 g/mol. The molecule has 0 aliphatic carbocycles. The first kappa shape index (κ1) is 18.7. The lowest BCUT2D eigenvalue weighted by molar-refractivity contribution is 0.571. The zero-order chi connectivity index (χ0) is 20.9. The maximum atomic E-state index is 13.8. The summed E-state index contributed by atoms with van der Waals surface area (Å²) in [5.74, 6) is 0.838. The summed E-state index contributed by atoms with van der Waals surface area (Å²) in [6.07, 6.45) is 4.60. The van der Waals surface area contributed by atoms with Crippen LogP contribution in [0.2, 0.25) is 0 Å². The summed E-state index contributed by atoms with van der Waals surface area (Å²) < 4.78 is 27.5. The van der Waals surface area contributed by atoms with Crippen molar-refractivity contribution in [2.24, 2.45) is 0 Å². The van der Waals surface area contributed by atoms with E-state index in [2.05, 4.69) is 20.9 Å². The summed E-state index contributed by atoms with van der Waals surface area (Å²) in [6, 6.07) is 11.2. The van der Waals surface area contributed by atoms with Gasteiger partial charge in [-0.3, -0.25) is 14.8 Å². The Hall–Kier alpha value is -3.29. The van der Waals surface area contributed by atoms with Crippen molar-refractivity contribution < 1.29 is 8.96 Å². The van der Waals surface area contributed by atoms with Crippen LogP contribution in [0.1, 0.15) is 5.56 Å². The monoisotopic (exact) mass is 423 g/mol. The molecule has 0 radical (unpaired) electrons. The fourth-order valence-electron chi connectivity index (χ4n) is 3.34. The van der Waals surface area contributed by atoms with Gasteiger partial charge in [0.15, 0.2) is 11.6 Å². The molecule has 1 aromatic carbocycles. The van der Waals surface area contributed by atoms with Gasteiger partial charge in [-0.1, -0.05) is 30.3 Å². The summed E-state index contributed by atoms with van der Waals surface area (Å²) in [4.78, 5) is 13.2. The predicted octanol–water partition coefficient (Wildman–Crippen LogP) is 3.03. The second-order valence-electron chi connectivity index (χ2n) is 7.49. The molecule has 5 rings (SSSR count). The van der Waals surface area contributed by atoms with Crippen LogP contribution in [-0.4, -0.2) is 32.7 Å². The molecule has 8 nitrogen and oxygen atoms in total. The molecule has 0 amide bonds. The van der Waals surface area contributed by atoms with Gasteiger partial charge in [-0.25, -0.2) is 15.0 Å². The van der Waals surface area contributed by atoms with Crippen molar-refractivity contribution in [1.82, 2.24) is 24.9 Å². The van der Waals surface area contributed by atoms with Crippen molar-refractivity contribution in [1.29, 1.82) is 0 Å². The largest absolute Gasteiger partial charge is 0.319 e. The Morgan fingerprint density at radius 3 is 2.63 bits per heavy atom. The Kier molecular flexibility index (Phi) is 4.30. The fraction of sp³-hybridized carbons (Fsp3) is 0.150. The maximum Gasteiger partial charge on any atom is 0.217 e. The first-order chi connectivity index (χ1) is 14.4. The topological polar surface area (TPSA) is 87.5 Å². The quantitative estimate of drug-likeness (QED) is 0.488. The number of fused-ring (bicyclic) bond motifs is 2. The van der Waals surface area contributed by atoms with Crippen molar-refractivity contribution >= 4 is 29.7 Å². The molecule has 2 N–H and O–H groups in total. The Morgan fingerprint density at radius 1 is 1.07 bits per heavy atom. The van der Waals surface area contributed by atoms with Gasteiger partial charge in [0, 0.05) is 17.1 Å². The molecule has 3 aromatic heterocycles. The highest BCUT2D eigenvalue weighted by Gasteiger charge is 2.23. The van der Waals surface area contributed by atoms with Crippen LogP contribution in [0, 0.1) is 5.95 Å². The number of hydrogen-bond acceptors (Lipinski definition) is 7. The fourth-order valence-corrected chi connectivity index (χ4v) is 4.21. The highest BCUT2D eigenvalue weighted by molar-refractivity contribution is 7.70. The van der Waals surface area contributed by atoms with Gasteiger partial charge in [0.25, 0.3) is 0 Å². The number of anilines is 2. The Bertz CT molecular complexity index is 1300. The molecule has 152 valence electrons. The van der Waals surface area contributed by atoms with E-state index in [1.54, 1.807) is 31.8 Å². The highest BCUT2D eigenvalue weighted by atomic mass is 31.2. The third-order valence-corrected chi connectivity index (χ3v) is 6.51. The van der Waals surface area contributed by atoms with Crippen LogP contribution in [0.5, 0.6) is 0 Å². The van der Waals surface area contributed by atoms with Crippen LogP contribution in [0.25, 0.3) is 16.9 Å². The van der Waals surface area contributed by atoms with Crippen molar-refractivity contribution in [3.05, 3.63) is 66.5 Å². The van der Waals surface area contributed by atoms with Crippen molar-refractivity contribution in [3.8, 4) is 11.3 Å². The lowest BCUT2D eigenvalue weighted by Gasteiger charge is -2.17. The molecule has 0 saturated heterocycles. The van der Waals surface area contributed by atoms with Crippen molar-refractivity contribution in [2.75, 3.05) is 23.8 Å². The molecule has 0 saturated carbocycles. The Balaban J connectivity index is 1.44. The number of nitrogens with one attached hydrogen (secondary N) is 2. The number of pyridine rings is 1. The predicted molar refractivity (Wildman–Crippen MR) is 115 cm³/mol. The SMILES string of the molecule is CP(C)(=O)c1ccc(-c2cnc3c(n2)N(Cc2ccc4ncc(F)n4c2)NN3)cc1. The smallest absolute Gasteiger partial charge is 0.217 e. The van der Waals surface area contributed by atoms with Gasteiger partial charge in [-0.05, 0) is 25.0 Å². The first-order valence-electron chi connectivity index (χ1n) is 9.32. The van der Waals surface area contributed by atoms with Gasteiger partial charge in [-0.2, -0.15) is 4.39 Å². The van der Waals surface area contributed by atoms with Crippen LogP contribution in [0.15, 0.2) is 55.0 Å². The van der Waals surface area contributed by atoms with Crippen LogP contribution < -0.4 is 21.3 Å². The number of imidazole rings is 1. The molecule has 0 bridgehead atoms. The second kappa shape index (κ2) is 6.90. The molecular weight excluding hydrogens is 404 g/mol. The standard InChI is InChI=1S/C20H19FN7OP/c1-30(2,29)15-6-4-14(5-7-15)16-9-23-19-20(24-16)28(26-25-19)12-13-3-8-18-22-10-17(21)27(18)11-13/h3-11,26H,12H2,1-2H3,(H,23,25). The third kappa shape index (κ3) is 3.32. The van der Waals surface area contributed by atoms with E-state index < -0.39 is 13.1 Å². The lowest BCUT2D eigenvalue weighted by Crippen LogP contribution is -2.35. The van der Waals surface area contributed by atoms with Gasteiger partial charge in [-0.15, -0.1) is 5.53 Å². The molecule has 30 heavy (non-hydrogen) atoms. The number of benzene rings is 1. The minimum Gasteiger partial charge on any atom is -0.319 e. The van der Waals surface area contributed by atoms with E-state index in [-0.39, 0.29) is 0 Å². The molecule has 1 aliphatic heterocycles. The number of rotatable bonds is 4. The number of hydrazine groups is 2. The minimum atomic E-state index is -2.31. The van der Waals surface area contributed by atoms with Gasteiger partial charge in [0.05, 0.1) is 24.6 Å². The first-order valence-corrected chi connectivity index (χ1v) is 11.9. The molecule has 0 spiro atoms. The van der Waals surface area contributed by atoms with Gasteiger partial charge in [0.2, 0.25) is 5.95 Å². The molecule has 4 aromatic rings. The minimum absolute atomic E-state index is 0.408. The van der Waals surface area contributed by atoms with Crippen LogP contribution in [0.3, 0.4) is 0 Å². The summed E-state index contributed by atoms with van der Waals surface area (Å²) in [5.41, 5.74) is 9.05. The zero-order valence-electron chi connectivity index (χ0n) is 16.4. The van der Waals surface area contributed by atoms with Crippen molar-refractivity contribution in [2.45, 2.75) is 6.54 Å². The van der Waals surface area contributed by atoms with Crippen molar-refractivity contribution in [3.63, 3.8) is 0 Å². The van der Waals surface area contributed by atoms with Gasteiger partial charge >= 0.3 is 0 Å². The zero-order valence-corrected chi connectivity index (χ0v) is 17.3. The number of hydrogen-bond donors (Lipinski definition) is 2. The van der Waals surface area contributed by atoms with Gasteiger partial charge < -0.3 is 4.57 Å². The third-order valence-electron chi connectivity index (χ3n) is 4.97. The highest BCUT2D eigenvalue weighted by Crippen LogP contribution is 2.35. The summed E-state index contributed by atoms with van der Waals surface area (Å²) in [7, 11) is -2.31. The summed E-state index contributed by atoms with van der Waals surface area (Å²) in [5, 5.41) is 2.63. The summed E-state index contributed by atoms with van der Waals surface area (Å²) >= 11 is 0. The van der Waals surface area contributed by atoms with E-state index in [1.807, 2.05) is 35.3 Å². The molecule has 4 heterocycles. The molecule has 1 aliphatic rings. The normalized spacial score (nSPS) is 13.5. The summed E-state index contributed by atoms with van der Waals surface area (Å²) in [6.45, 7) is 3.94. The molecule has 0 atom stereocenters. The van der Waals surface area contributed by atoms with Crippen LogP contribution >= 0.6 is 7.14 Å².